The van der Waals surface area contributed by atoms with Gasteiger partial charge in [0.1, 0.15) is 0 Å². The molecule has 1 aliphatic carbocycles. The fraction of sp³-hybridized carbons (Fsp3) is 0.350. The second-order valence-electron chi connectivity index (χ2n) is 6.39. The molecule has 0 N–H and O–H groups in total. The van der Waals surface area contributed by atoms with Crippen LogP contribution in [-0.2, 0) is 6.42 Å². The van der Waals surface area contributed by atoms with Crippen molar-refractivity contribution in [3.63, 3.8) is 0 Å². The van der Waals surface area contributed by atoms with Gasteiger partial charge in [-0.25, -0.2) is 0 Å². The normalized spacial score (nSPS) is 16.3. The molecule has 1 saturated carbocycles. The maximum atomic E-state index is 12.5. The zero-order valence-corrected chi connectivity index (χ0v) is 13.2. The number of ketones is 1. The quantitative estimate of drug-likeness (QED) is 0.751. The van der Waals surface area contributed by atoms with Crippen molar-refractivity contribution in [3.8, 4) is 0 Å². The number of nitrogens with zero attached hydrogens (tertiary/aromatic N) is 1. The van der Waals surface area contributed by atoms with Gasteiger partial charge in [-0.05, 0) is 38.3 Å². The highest BCUT2D eigenvalue weighted by atomic mass is 16.1. The molecule has 0 radical (unpaired) electrons. The topological polar surface area (TPSA) is 20.3 Å². The lowest BCUT2D eigenvalue weighted by atomic mass is 9.71. The number of benzene rings is 2. The molecule has 3 rings (SSSR count). The van der Waals surface area contributed by atoms with Crippen LogP contribution in [0.15, 0.2) is 60.7 Å². The van der Waals surface area contributed by atoms with Gasteiger partial charge in [-0.2, -0.15) is 0 Å². The molecule has 2 heteroatoms. The van der Waals surface area contributed by atoms with Gasteiger partial charge in [0.2, 0.25) is 0 Å². The summed E-state index contributed by atoms with van der Waals surface area (Å²) in [6, 6.07) is 20.2. The minimum atomic E-state index is 0.159. The predicted octanol–water partition coefficient (Wildman–Crippen LogP) is 3.97. The monoisotopic (exact) mass is 293 g/mol. The Bertz CT molecular complexity index is 617. The zero-order chi connectivity index (χ0) is 15.4. The number of hydrogen-bond donors (Lipinski definition) is 0. The molecule has 2 nitrogen and oxygen atoms in total. The van der Waals surface area contributed by atoms with Crippen LogP contribution in [0.25, 0.3) is 0 Å². The summed E-state index contributed by atoms with van der Waals surface area (Å²) in [7, 11) is 2.10. The first-order chi connectivity index (χ1) is 10.7. The second-order valence-corrected chi connectivity index (χ2v) is 6.39. The first kappa shape index (κ1) is 15.0. The Balaban J connectivity index is 1.69. The average Bonchev–Trinajstić information content (AvgIpc) is 2.52. The molecule has 0 heterocycles. The van der Waals surface area contributed by atoms with E-state index in [4.69, 9.17) is 0 Å². The Morgan fingerprint density at radius 2 is 1.59 bits per heavy atom. The maximum absolute atomic E-state index is 12.5. The zero-order valence-electron chi connectivity index (χ0n) is 13.2. The fourth-order valence-corrected chi connectivity index (χ4v) is 3.35. The first-order valence-electron chi connectivity index (χ1n) is 8.03. The van der Waals surface area contributed by atoms with Gasteiger partial charge < -0.3 is 0 Å². The fourth-order valence-electron chi connectivity index (χ4n) is 3.35. The largest absolute Gasteiger partial charge is 0.293 e. The molecule has 0 amide bonds. The average molecular weight is 293 g/mol. The van der Waals surface area contributed by atoms with Crippen LogP contribution in [0, 0.1) is 0 Å². The Labute approximate surface area is 132 Å². The van der Waals surface area contributed by atoms with E-state index in [2.05, 4.69) is 42.3 Å². The summed E-state index contributed by atoms with van der Waals surface area (Å²) < 4.78 is 0. The third-order valence-electron chi connectivity index (χ3n) is 4.95. The van der Waals surface area contributed by atoms with Crippen LogP contribution < -0.4 is 0 Å². The summed E-state index contributed by atoms with van der Waals surface area (Å²) in [5.74, 6) is 0.211. The van der Waals surface area contributed by atoms with Crippen molar-refractivity contribution in [1.29, 1.82) is 0 Å². The maximum Gasteiger partial charge on any atom is 0.176 e. The van der Waals surface area contributed by atoms with Gasteiger partial charge in [0.25, 0.3) is 0 Å². The molecule has 114 valence electrons. The number of hydrogen-bond acceptors (Lipinski definition) is 2. The lowest BCUT2D eigenvalue weighted by Gasteiger charge is -2.49. The second kappa shape index (κ2) is 6.45. The van der Waals surface area contributed by atoms with Gasteiger partial charge in [0.15, 0.2) is 5.78 Å². The van der Waals surface area contributed by atoms with E-state index < -0.39 is 0 Å². The van der Waals surface area contributed by atoms with E-state index in [1.54, 1.807) is 0 Å². The lowest BCUT2D eigenvalue weighted by molar-refractivity contribution is 0.0365. The molecule has 0 spiro atoms. The third-order valence-corrected chi connectivity index (χ3v) is 4.95. The highest BCUT2D eigenvalue weighted by molar-refractivity contribution is 5.97. The Hall–Kier alpha value is -1.93. The molecule has 1 aliphatic rings. The summed E-state index contributed by atoms with van der Waals surface area (Å²) in [5, 5.41) is 0. The molecular formula is C20H23NO. The van der Waals surface area contributed by atoms with Gasteiger partial charge in [-0.3, -0.25) is 9.69 Å². The molecule has 0 aliphatic heterocycles. The number of carbonyl (C=O) groups excluding carboxylic acids is 1. The van der Waals surface area contributed by atoms with Crippen molar-refractivity contribution in [1.82, 2.24) is 4.90 Å². The van der Waals surface area contributed by atoms with Crippen molar-refractivity contribution >= 4 is 5.78 Å². The Morgan fingerprint density at radius 3 is 2.14 bits per heavy atom. The highest BCUT2D eigenvalue weighted by Gasteiger charge is 2.41. The number of carbonyl (C=O) groups is 1. The standard InChI is InChI=1S/C20H23NO/c1-21(16-19(22)18-11-6-3-7-12-18)20(13-8-14-20)15-17-9-4-2-5-10-17/h2-7,9-12H,8,13-16H2,1H3. The molecule has 2 aromatic rings. The smallest absolute Gasteiger partial charge is 0.176 e. The minimum Gasteiger partial charge on any atom is -0.293 e. The van der Waals surface area contributed by atoms with Crippen LogP contribution in [0.2, 0.25) is 0 Å². The minimum absolute atomic E-state index is 0.159. The van der Waals surface area contributed by atoms with Crippen LogP contribution in [-0.4, -0.2) is 29.8 Å². The van der Waals surface area contributed by atoms with Crippen molar-refractivity contribution in [2.75, 3.05) is 13.6 Å². The first-order valence-corrected chi connectivity index (χ1v) is 8.03. The number of rotatable bonds is 6. The van der Waals surface area contributed by atoms with Gasteiger partial charge in [-0.1, -0.05) is 60.7 Å². The molecule has 22 heavy (non-hydrogen) atoms. The van der Waals surface area contributed by atoms with Crippen molar-refractivity contribution in [3.05, 3.63) is 71.8 Å². The predicted molar refractivity (Wildman–Crippen MR) is 90.1 cm³/mol. The molecule has 0 atom stereocenters. The van der Waals surface area contributed by atoms with E-state index in [-0.39, 0.29) is 11.3 Å². The summed E-state index contributed by atoms with van der Waals surface area (Å²) >= 11 is 0. The van der Waals surface area contributed by atoms with E-state index in [1.165, 1.54) is 24.8 Å². The Kier molecular flexibility index (Phi) is 4.39. The molecule has 0 aromatic heterocycles. The van der Waals surface area contributed by atoms with E-state index >= 15 is 0 Å². The molecule has 0 unspecified atom stereocenters. The molecule has 0 saturated heterocycles. The number of Topliss-reactive ketones (excluding diaryl/α,β-unsaturated/α-hetero) is 1. The summed E-state index contributed by atoms with van der Waals surface area (Å²) in [5.41, 5.74) is 2.33. The van der Waals surface area contributed by atoms with Crippen molar-refractivity contribution in [2.45, 2.75) is 31.2 Å². The van der Waals surface area contributed by atoms with Crippen LogP contribution >= 0.6 is 0 Å². The SMILES string of the molecule is CN(CC(=O)c1ccccc1)C1(Cc2ccccc2)CCC1. The summed E-state index contributed by atoms with van der Waals surface area (Å²) in [4.78, 5) is 14.7. The number of likely N-dealkylation sites (N-methyl/N-ethyl adjacent to an activating group) is 1. The van der Waals surface area contributed by atoms with E-state index in [0.717, 1.165) is 12.0 Å². The molecular weight excluding hydrogens is 270 g/mol. The van der Waals surface area contributed by atoms with Crippen LogP contribution in [0.3, 0.4) is 0 Å². The molecule has 1 fully saturated rings. The lowest BCUT2D eigenvalue weighted by Crippen LogP contribution is -2.54. The summed E-state index contributed by atoms with van der Waals surface area (Å²) in [6.07, 6.45) is 4.66. The van der Waals surface area contributed by atoms with E-state index in [1.807, 2.05) is 30.3 Å². The van der Waals surface area contributed by atoms with Crippen LogP contribution in [0.1, 0.15) is 35.2 Å². The third kappa shape index (κ3) is 3.12. The van der Waals surface area contributed by atoms with Gasteiger partial charge in [0.05, 0.1) is 6.54 Å². The van der Waals surface area contributed by atoms with Crippen LogP contribution in [0.4, 0.5) is 0 Å². The van der Waals surface area contributed by atoms with Gasteiger partial charge in [-0.15, -0.1) is 0 Å². The molecule has 0 bridgehead atoms. The highest BCUT2D eigenvalue weighted by Crippen LogP contribution is 2.39. The molecule has 2 aromatic carbocycles. The van der Waals surface area contributed by atoms with E-state index in [9.17, 15) is 4.79 Å². The van der Waals surface area contributed by atoms with Gasteiger partial charge in [0, 0.05) is 11.1 Å². The summed E-state index contributed by atoms with van der Waals surface area (Å²) in [6.45, 7) is 0.497. The van der Waals surface area contributed by atoms with Crippen LogP contribution in [0.5, 0.6) is 0 Å². The van der Waals surface area contributed by atoms with Crippen molar-refractivity contribution in [2.24, 2.45) is 0 Å². The van der Waals surface area contributed by atoms with Gasteiger partial charge >= 0.3 is 0 Å². The Morgan fingerprint density at radius 1 is 1.00 bits per heavy atom. The van der Waals surface area contributed by atoms with E-state index in [0.29, 0.717) is 6.54 Å². The van der Waals surface area contributed by atoms with Crippen molar-refractivity contribution < 1.29 is 4.79 Å².